The Hall–Kier alpha value is -1.60. The van der Waals surface area contributed by atoms with Crippen molar-refractivity contribution in [3.05, 3.63) is 28.8 Å². The van der Waals surface area contributed by atoms with Gasteiger partial charge in [-0.05, 0) is 31.0 Å². The van der Waals surface area contributed by atoms with Crippen molar-refractivity contribution in [2.45, 2.75) is 13.8 Å². The van der Waals surface area contributed by atoms with Gasteiger partial charge in [0, 0.05) is 31.9 Å². The molecule has 20 heavy (non-hydrogen) atoms. The van der Waals surface area contributed by atoms with Crippen molar-refractivity contribution in [1.29, 1.82) is 0 Å². The number of carbonyl (C=O) groups excluding carboxylic acids is 1. The molecule has 6 nitrogen and oxygen atoms in total. The highest BCUT2D eigenvalue weighted by Crippen LogP contribution is 2.17. The largest absolute Gasteiger partial charge is 0.398 e. The zero-order valence-corrected chi connectivity index (χ0v) is 13.0. The quantitative estimate of drug-likeness (QED) is 0.775. The Morgan fingerprint density at radius 1 is 1.25 bits per heavy atom. The Bertz CT molecular complexity index is 610. The zero-order chi connectivity index (χ0) is 15.5. The van der Waals surface area contributed by atoms with Gasteiger partial charge in [0.1, 0.15) is 0 Å². The lowest BCUT2D eigenvalue weighted by atomic mass is 10.0. The fourth-order valence-electron chi connectivity index (χ4n) is 1.68. The standard InChI is InChI=1S/C13H21N3O3S/c1-9-7-10(2)12(14)8-11(9)13(17)15-5-6-20(18,19)16(3)4/h7-8H,5-6,14H2,1-4H3,(H,15,17). The van der Waals surface area contributed by atoms with Gasteiger partial charge in [-0.3, -0.25) is 4.79 Å². The van der Waals surface area contributed by atoms with Crippen LogP contribution in [0.25, 0.3) is 0 Å². The van der Waals surface area contributed by atoms with Crippen LogP contribution in [-0.2, 0) is 10.0 Å². The molecule has 3 N–H and O–H groups in total. The van der Waals surface area contributed by atoms with Crippen LogP contribution >= 0.6 is 0 Å². The smallest absolute Gasteiger partial charge is 0.251 e. The molecule has 0 atom stereocenters. The van der Waals surface area contributed by atoms with E-state index < -0.39 is 10.0 Å². The lowest BCUT2D eigenvalue weighted by Gasteiger charge is -2.13. The first-order chi connectivity index (χ1) is 9.15. The van der Waals surface area contributed by atoms with E-state index in [4.69, 9.17) is 5.73 Å². The maximum absolute atomic E-state index is 12.0. The van der Waals surface area contributed by atoms with Gasteiger partial charge in [-0.25, -0.2) is 12.7 Å². The number of benzene rings is 1. The molecule has 0 saturated carbocycles. The normalized spacial score (nSPS) is 11.7. The average Bonchev–Trinajstić information content (AvgIpc) is 2.33. The zero-order valence-electron chi connectivity index (χ0n) is 12.2. The number of hydrogen-bond acceptors (Lipinski definition) is 4. The second-order valence-electron chi connectivity index (χ2n) is 4.88. The van der Waals surface area contributed by atoms with E-state index in [-0.39, 0.29) is 18.2 Å². The molecular formula is C13H21N3O3S. The number of nitrogen functional groups attached to an aromatic ring is 1. The molecule has 0 spiro atoms. The minimum Gasteiger partial charge on any atom is -0.398 e. The maximum atomic E-state index is 12.0. The molecule has 1 amide bonds. The van der Waals surface area contributed by atoms with Gasteiger partial charge in [-0.15, -0.1) is 0 Å². The van der Waals surface area contributed by atoms with E-state index in [1.807, 2.05) is 19.9 Å². The first kappa shape index (κ1) is 16.5. The van der Waals surface area contributed by atoms with Crippen LogP contribution in [0.15, 0.2) is 12.1 Å². The van der Waals surface area contributed by atoms with E-state index in [1.165, 1.54) is 14.1 Å². The Kier molecular flexibility index (Phi) is 5.13. The number of nitrogens with two attached hydrogens (primary N) is 1. The van der Waals surface area contributed by atoms with E-state index in [0.717, 1.165) is 15.4 Å². The minimum atomic E-state index is -3.31. The maximum Gasteiger partial charge on any atom is 0.251 e. The topological polar surface area (TPSA) is 92.5 Å². The van der Waals surface area contributed by atoms with Crippen molar-refractivity contribution in [3.63, 3.8) is 0 Å². The molecule has 0 aliphatic carbocycles. The van der Waals surface area contributed by atoms with Gasteiger partial charge in [0.25, 0.3) is 5.91 Å². The van der Waals surface area contributed by atoms with Crippen LogP contribution in [0.5, 0.6) is 0 Å². The highest BCUT2D eigenvalue weighted by Gasteiger charge is 2.15. The number of aryl methyl sites for hydroxylation is 2. The molecule has 1 rings (SSSR count). The number of amides is 1. The summed E-state index contributed by atoms with van der Waals surface area (Å²) in [7, 11) is -0.387. The van der Waals surface area contributed by atoms with Gasteiger partial charge >= 0.3 is 0 Å². The molecule has 0 heterocycles. The molecule has 7 heteroatoms. The van der Waals surface area contributed by atoms with Crippen LogP contribution in [0.4, 0.5) is 5.69 Å². The summed E-state index contributed by atoms with van der Waals surface area (Å²) in [5.74, 6) is -0.449. The number of carbonyl (C=O) groups is 1. The van der Waals surface area contributed by atoms with Crippen molar-refractivity contribution in [2.75, 3.05) is 32.1 Å². The van der Waals surface area contributed by atoms with Gasteiger partial charge < -0.3 is 11.1 Å². The molecule has 0 aliphatic heterocycles. The summed E-state index contributed by atoms with van der Waals surface area (Å²) in [6.45, 7) is 3.75. The number of sulfonamides is 1. The summed E-state index contributed by atoms with van der Waals surface area (Å²) in [4.78, 5) is 12.0. The number of rotatable bonds is 5. The van der Waals surface area contributed by atoms with Crippen molar-refractivity contribution >= 4 is 21.6 Å². The molecule has 0 fully saturated rings. The van der Waals surface area contributed by atoms with E-state index in [0.29, 0.717) is 11.3 Å². The van der Waals surface area contributed by atoms with Crippen LogP contribution in [0.2, 0.25) is 0 Å². The lowest BCUT2D eigenvalue weighted by molar-refractivity contribution is 0.0955. The Morgan fingerprint density at radius 3 is 2.40 bits per heavy atom. The summed E-state index contributed by atoms with van der Waals surface area (Å²) in [5.41, 5.74) is 8.51. The third-order valence-electron chi connectivity index (χ3n) is 3.06. The third kappa shape index (κ3) is 3.94. The number of anilines is 1. The third-order valence-corrected chi connectivity index (χ3v) is 4.89. The summed E-state index contributed by atoms with van der Waals surface area (Å²) in [5, 5.41) is 2.60. The monoisotopic (exact) mass is 299 g/mol. The van der Waals surface area contributed by atoms with Gasteiger partial charge in [0.05, 0.1) is 5.75 Å². The molecule has 0 aliphatic rings. The predicted molar refractivity (Wildman–Crippen MR) is 80.1 cm³/mol. The summed E-state index contributed by atoms with van der Waals surface area (Å²) in [6.07, 6.45) is 0. The van der Waals surface area contributed by atoms with Gasteiger partial charge in [0.15, 0.2) is 0 Å². The first-order valence-electron chi connectivity index (χ1n) is 6.20. The van der Waals surface area contributed by atoms with Gasteiger partial charge in [-0.2, -0.15) is 0 Å². The van der Waals surface area contributed by atoms with E-state index in [2.05, 4.69) is 5.32 Å². The SMILES string of the molecule is Cc1cc(C)c(C(=O)NCCS(=O)(=O)N(C)C)cc1N. The minimum absolute atomic E-state index is 0.0621. The summed E-state index contributed by atoms with van der Waals surface area (Å²) >= 11 is 0. The Balaban J connectivity index is 2.72. The van der Waals surface area contributed by atoms with Crippen molar-refractivity contribution < 1.29 is 13.2 Å². The second-order valence-corrected chi connectivity index (χ2v) is 7.18. The average molecular weight is 299 g/mol. The van der Waals surface area contributed by atoms with Crippen molar-refractivity contribution in [1.82, 2.24) is 9.62 Å². The number of nitrogens with one attached hydrogen (secondary N) is 1. The Labute approximate surface area is 120 Å². The van der Waals surface area contributed by atoms with Crippen LogP contribution in [-0.4, -0.2) is 45.0 Å². The van der Waals surface area contributed by atoms with Crippen LogP contribution in [0, 0.1) is 13.8 Å². The van der Waals surface area contributed by atoms with Crippen molar-refractivity contribution in [3.8, 4) is 0 Å². The van der Waals surface area contributed by atoms with Crippen molar-refractivity contribution in [2.24, 2.45) is 0 Å². The van der Waals surface area contributed by atoms with E-state index in [1.54, 1.807) is 6.07 Å². The van der Waals surface area contributed by atoms with Crippen LogP contribution in [0.1, 0.15) is 21.5 Å². The van der Waals surface area contributed by atoms with Gasteiger partial charge in [0.2, 0.25) is 10.0 Å². The number of nitrogens with zero attached hydrogens (tertiary/aromatic N) is 1. The van der Waals surface area contributed by atoms with Crippen LogP contribution in [0.3, 0.4) is 0 Å². The van der Waals surface area contributed by atoms with Gasteiger partial charge in [-0.1, -0.05) is 6.07 Å². The Morgan fingerprint density at radius 2 is 1.85 bits per heavy atom. The van der Waals surface area contributed by atoms with E-state index >= 15 is 0 Å². The molecule has 1 aromatic rings. The molecule has 0 radical (unpaired) electrons. The predicted octanol–water partition coefficient (Wildman–Crippen LogP) is 0.507. The molecule has 0 aromatic heterocycles. The number of hydrogen-bond donors (Lipinski definition) is 2. The highest BCUT2D eigenvalue weighted by molar-refractivity contribution is 7.89. The molecule has 1 aromatic carbocycles. The summed E-state index contributed by atoms with van der Waals surface area (Å²) < 4.78 is 24.3. The molecule has 0 unspecified atom stereocenters. The fraction of sp³-hybridized carbons (Fsp3) is 0.462. The second kappa shape index (κ2) is 6.23. The van der Waals surface area contributed by atoms with E-state index in [9.17, 15) is 13.2 Å². The lowest BCUT2D eigenvalue weighted by Crippen LogP contribution is -2.34. The van der Waals surface area contributed by atoms with Crippen LogP contribution < -0.4 is 11.1 Å². The molecule has 112 valence electrons. The summed E-state index contributed by atoms with van der Waals surface area (Å²) in [6, 6.07) is 3.45. The molecule has 0 bridgehead atoms. The fourth-order valence-corrected chi connectivity index (χ4v) is 2.41. The highest BCUT2D eigenvalue weighted by atomic mass is 32.2. The molecule has 0 saturated heterocycles. The first-order valence-corrected chi connectivity index (χ1v) is 7.81. The molecular weight excluding hydrogens is 278 g/mol.